The van der Waals surface area contributed by atoms with Crippen molar-refractivity contribution in [2.45, 2.75) is 26.3 Å². The fraction of sp³-hybridized carbons (Fsp3) is 0.538. The second-order valence-electron chi connectivity index (χ2n) is 5.00. The van der Waals surface area contributed by atoms with E-state index in [1.165, 1.54) is 6.07 Å². The molecule has 0 aliphatic rings. The molecule has 0 amide bonds. The average Bonchev–Trinajstić information content (AvgIpc) is 2.24. The van der Waals surface area contributed by atoms with Crippen LogP contribution in [-0.4, -0.2) is 28.5 Å². The second-order valence-corrected chi connectivity index (χ2v) is 5.00. The lowest BCUT2D eigenvalue weighted by molar-refractivity contribution is 0.170. The second kappa shape index (κ2) is 5.38. The van der Waals surface area contributed by atoms with E-state index >= 15 is 0 Å². The summed E-state index contributed by atoms with van der Waals surface area (Å²) in [4.78, 5) is 0. The summed E-state index contributed by atoms with van der Waals surface area (Å²) in [5.41, 5.74) is -0.00123. The van der Waals surface area contributed by atoms with Gasteiger partial charge in [-0.25, -0.2) is 0 Å². The predicted octanol–water partition coefficient (Wildman–Crippen LogP) is 1.55. The molecule has 0 spiro atoms. The SMILES string of the molecule is CC(C)CNC(C)(CO)c1cc(O)cc(O)c1. The van der Waals surface area contributed by atoms with Crippen LogP contribution in [0.25, 0.3) is 0 Å². The molecule has 0 aliphatic heterocycles. The molecule has 0 radical (unpaired) electrons. The Morgan fingerprint density at radius 3 is 2.12 bits per heavy atom. The van der Waals surface area contributed by atoms with Gasteiger partial charge in [-0.1, -0.05) is 13.8 Å². The van der Waals surface area contributed by atoms with Gasteiger partial charge in [-0.2, -0.15) is 0 Å². The van der Waals surface area contributed by atoms with Crippen molar-refractivity contribution in [2.24, 2.45) is 5.92 Å². The number of phenolic OH excluding ortho intramolecular Hbond substituents is 2. The zero-order valence-electron chi connectivity index (χ0n) is 10.6. The van der Waals surface area contributed by atoms with E-state index in [9.17, 15) is 15.3 Å². The van der Waals surface area contributed by atoms with Crippen molar-refractivity contribution in [3.8, 4) is 11.5 Å². The lowest BCUT2D eigenvalue weighted by Crippen LogP contribution is -2.44. The summed E-state index contributed by atoms with van der Waals surface area (Å²) in [5.74, 6) is 0.434. The average molecular weight is 239 g/mol. The molecular weight excluding hydrogens is 218 g/mol. The third-order valence-electron chi connectivity index (χ3n) is 2.76. The van der Waals surface area contributed by atoms with Gasteiger partial charge in [0.1, 0.15) is 11.5 Å². The Morgan fingerprint density at radius 1 is 1.18 bits per heavy atom. The third kappa shape index (κ3) is 3.61. The fourth-order valence-electron chi connectivity index (χ4n) is 1.59. The summed E-state index contributed by atoms with van der Waals surface area (Å²) in [5, 5.41) is 31.7. The van der Waals surface area contributed by atoms with Gasteiger partial charge in [-0.15, -0.1) is 0 Å². The summed E-state index contributed by atoms with van der Waals surface area (Å²) in [6, 6.07) is 4.36. The van der Waals surface area contributed by atoms with Gasteiger partial charge in [0, 0.05) is 6.07 Å². The molecule has 0 fully saturated rings. The molecule has 17 heavy (non-hydrogen) atoms. The number of phenols is 2. The summed E-state index contributed by atoms with van der Waals surface area (Å²) >= 11 is 0. The molecule has 0 saturated heterocycles. The van der Waals surface area contributed by atoms with Gasteiger partial charge in [0.05, 0.1) is 12.1 Å². The lowest BCUT2D eigenvalue weighted by atomic mass is 9.92. The van der Waals surface area contributed by atoms with Crippen molar-refractivity contribution in [3.05, 3.63) is 23.8 Å². The molecule has 96 valence electrons. The van der Waals surface area contributed by atoms with Crippen molar-refractivity contribution in [1.82, 2.24) is 5.32 Å². The quantitative estimate of drug-likeness (QED) is 0.629. The highest BCUT2D eigenvalue weighted by Gasteiger charge is 2.26. The highest BCUT2D eigenvalue weighted by molar-refractivity contribution is 5.40. The molecule has 4 N–H and O–H groups in total. The standard InChI is InChI=1S/C13H21NO3/c1-9(2)7-14-13(3,8-15)10-4-11(16)6-12(17)5-10/h4-6,9,14-17H,7-8H2,1-3H3. The fourth-order valence-corrected chi connectivity index (χ4v) is 1.59. The zero-order chi connectivity index (χ0) is 13.1. The molecule has 0 heterocycles. The number of hydrogen-bond donors (Lipinski definition) is 4. The van der Waals surface area contributed by atoms with Crippen LogP contribution in [0.3, 0.4) is 0 Å². The van der Waals surface area contributed by atoms with E-state index in [-0.39, 0.29) is 18.1 Å². The van der Waals surface area contributed by atoms with Gasteiger partial charge in [0.2, 0.25) is 0 Å². The summed E-state index contributed by atoms with van der Waals surface area (Å²) in [7, 11) is 0. The van der Waals surface area contributed by atoms with Crippen LogP contribution >= 0.6 is 0 Å². The van der Waals surface area contributed by atoms with Crippen LogP contribution in [-0.2, 0) is 5.54 Å². The molecule has 1 rings (SSSR count). The zero-order valence-corrected chi connectivity index (χ0v) is 10.6. The molecule has 0 bridgehead atoms. The number of aromatic hydroxyl groups is 2. The van der Waals surface area contributed by atoms with Crippen LogP contribution in [0.2, 0.25) is 0 Å². The van der Waals surface area contributed by atoms with E-state index in [0.29, 0.717) is 11.5 Å². The maximum atomic E-state index is 9.51. The Bertz CT molecular complexity index is 359. The van der Waals surface area contributed by atoms with E-state index in [2.05, 4.69) is 19.2 Å². The van der Waals surface area contributed by atoms with Crippen molar-refractivity contribution in [2.75, 3.05) is 13.2 Å². The number of aliphatic hydroxyl groups is 1. The molecule has 1 unspecified atom stereocenters. The van der Waals surface area contributed by atoms with Crippen LogP contribution in [0.5, 0.6) is 11.5 Å². The smallest absolute Gasteiger partial charge is 0.119 e. The molecule has 0 saturated carbocycles. The van der Waals surface area contributed by atoms with Crippen molar-refractivity contribution >= 4 is 0 Å². The molecule has 4 heteroatoms. The molecule has 1 aromatic carbocycles. The minimum absolute atomic E-state index is 0.00831. The Kier molecular flexibility index (Phi) is 4.37. The van der Waals surface area contributed by atoms with Crippen LogP contribution in [0.4, 0.5) is 0 Å². The highest BCUT2D eigenvalue weighted by Crippen LogP contribution is 2.28. The molecule has 1 atom stereocenters. The predicted molar refractivity (Wildman–Crippen MR) is 67.1 cm³/mol. The Hall–Kier alpha value is -1.26. The maximum Gasteiger partial charge on any atom is 0.119 e. The van der Waals surface area contributed by atoms with Crippen molar-refractivity contribution < 1.29 is 15.3 Å². The number of rotatable bonds is 5. The van der Waals surface area contributed by atoms with Gasteiger partial charge in [-0.05, 0) is 37.1 Å². The maximum absolute atomic E-state index is 9.51. The first-order valence-electron chi connectivity index (χ1n) is 5.77. The van der Waals surface area contributed by atoms with E-state index in [0.717, 1.165) is 6.54 Å². The molecule has 4 nitrogen and oxygen atoms in total. The van der Waals surface area contributed by atoms with Gasteiger partial charge >= 0.3 is 0 Å². The van der Waals surface area contributed by atoms with Crippen molar-refractivity contribution in [3.63, 3.8) is 0 Å². The van der Waals surface area contributed by atoms with Gasteiger partial charge < -0.3 is 20.6 Å². The number of benzene rings is 1. The number of hydrogen-bond acceptors (Lipinski definition) is 4. The van der Waals surface area contributed by atoms with Crippen LogP contribution in [0.15, 0.2) is 18.2 Å². The van der Waals surface area contributed by atoms with Crippen LogP contribution in [0, 0.1) is 5.92 Å². The van der Waals surface area contributed by atoms with E-state index in [4.69, 9.17) is 0 Å². The highest BCUT2D eigenvalue weighted by atomic mass is 16.3. The largest absolute Gasteiger partial charge is 0.508 e. The molecule has 0 aliphatic carbocycles. The summed E-state index contributed by atoms with van der Waals surface area (Å²) < 4.78 is 0. The van der Waals surface area contributed by atoms with Gasteiger partial charge in [-0.3, -0.25) is 0 Å². The normalized spacial score (nSPS) is 14.9. The molecule has 1 aromatic rings. The summed E-state index contributed by atoms with van der Waals surface area (Å²) in [6.07, 6.45) is 0. The minimum atomic E-state index is -0.666. The molecule has 0 aromatic heterocycles. The van der Waals surface area contributed by atoms with Gasteiger partial charge in [0.25, 0.3) is 0 Å². The van der Waals surface area contributed by atoms with E-state index < -0.39 is 5.54 Å². The first-order chi connectivity index (χ1) is 7.87. The third-order valence-corrected chi connectivity index (χ3v) is 2.76. The van der Waals surface area contributed by atoms with Crippen molar-refractivity contribution in [1.29, 1.82) is 0 Å². The number of aliphatic hydroxyl groups excluding tert-OH is 1. The topological polar surface area (TPSA) is 72.7 Å². The van der Waals surface area contributed by atoms with Crippen LogP contribution in [0.1, 0.15) is 26.3 Å². The van der Waals surface area contributed by atoms with Crippen LogP contribution < -0.4 is 5.32 Å². The lowest BCUT2D eigenvalue weighted by Gasteiger charge is -2.30. The van der Waals surface area contributed by atoms with E-state index in [1.54, 1.807) is 12.1 Å². The Balaban J connectivity index is 2.98. The van der Waals surface area contributed by atoms with Gasteiger partial charge in [0.15, 0.2) is 0 Å². The molecular formula is C13H21NO3. The first kappa shape index (κ1) is 13.8. The summed E-state index contributed by atoms with van der Waals surface area (Å²) in [6.45, 7) is 6.62. The Labute approximate surface area is 102 Å². The minimum Gasteiger partial charge on any atom is -0.508 e. The Morgan fingerprint density at radius 2 is 1.71 bits per heavy atom. The first-order valence-corrected chi connectivity index (χ1v) is 5.77. The monoisotopic (exact) mass is 239 g/mol. The van der Waals surface area contributed by atoms with E-state index in [1.807, 2.05) is 6.92 Å². The number of nitrogens with one attached hydrogen (secondary N) is 1.